The Morgan fingerprint density at radius 1 is 1.05 bits per heavy atom. The van der Waals surface area contributed by atoms with Gasteiger partial charge in [0, 0.05) is 5.69 Å². The number of unbranched alkanes of at least 4 members (excludes halogenated alkanes) is 1. The Hall–Kier alpha value is -1.88. The smallest absolute Gasteiger partial charge is 0.264 e. The molecule has 0 aliphatic rings. The average molecular weight is 307 g/mol. The van der Waals surface area contributed by atoms with E-state index in [1.54, 1.807) is 12.1 Å². The van der Waals surface area contributed by atoms with Crippen LogP contribution < -0.4 is 4.72 Å². The predicted octanol–water partition coefficient (Wildman–Crippen LogP) is 3.97. The first-order valence-corrected chi connectivity index (χ1v) is 8.37. The van der Waals surface area contributed by atoms with E-state index in [1.165, 1.54) is 18.2 Å². The zero-order valence-electron chi connectivity index (χ0n) is 11.8. The van der Waals surface area contributed by atoms with E-state index in [1.807, 2.05) is 12.1 Å². The highest BCUT2D eigenvalue weighted by molar-refractivity contribution is 7.92. The summed E-state index contributed by atoms with van der Waals surface area (Å²) in [7, 11) is -3.90. The van der Waals surface area contributed by atoms with Crippen molar-refractivity contribution in [1.29, 1.82) is 0 Å². The second-order valence-corrected chi connectivity index (χ2v) is 6.49. The lowest BCUT2D eigenvalue weighted by molar-refractivity contribution is 0.570. The number of benzene rings is 2. The maximum absolute atomic E-state index is 13.6. The summed E-state index contributed by atoms with van der Waals surface area (Å²) in [5.74, 6) is -0.760. The molecule has 0 radical (unpaired) electrons. The minimum atomic E-state index is -3.90. The van der Waals surface area contributed by atoms with Gasteiger partial charge in [0.25, 0.3) is 10.0 Å². The molecule has 0 unspecified atom stereocenters. The largest absolute Gasteiger partial charge is 0.280 e. The third-order valence-electron chi connectivity index (χ3n) is 3.15. The van der Waals surface area contributed by atoms with Crippen molar-refractivity contribution in [2.24, 2.45) is 0 Å². The van der Waals surface area contributed by atoms with Gasteiger partial charge in [-0.15, -0.1) is 0 Å². The molecule has 2 aromatic rings. The maximum Gasteiger partial charge on any atom is 0.264 e. The minimum absolute atomic E-state index is 0.347. The molecular formula is C16H18FNO2S. The molecule has 3 nitrogen and oxygen atoms in total. The predicted molar refractivity (Wildman–Crippen MR) is 82.3 cm³/mol. The topological polar surface area (TPSA) is 46.2 Å². The summed E-state index contributed by atoms with van der Waals surface area (Å²) in [5, 5.41) is 0. The van der Waals surface area contributed by atoms with Gasteiger partial charge in [0.05, 0.1) is 0 Å². The Labute approximate surface area is 124 Å². The lowest BCUT2D eigenvalue weighted by Crippen LogP contribution is -2.14. The number of halogens is 1. The quantitative estimate of drug-likeness (QED) is 0.877. The van der Waals surface area contributed by atoms with Gasteiger partial charge in [-0.1, -0.05) is 37.6 Å². The fourth-order valence-corrected chi connectivity index (χ4v) is 3.13. The number of aryl methyl sites for hydroxylation is 1. The molecule has 0 heterocycles. The van der Waals surface area contributed by atoms with Crippen molar-refractivity contribution in [2.45, 2.75) is 31.1 Å². The number of hydrogen-bond acceptors (Lipinski definition) is 2. The van der Waals surface area contributed by atoms with Crippen LogP contribution >= 0.6 is 0 Å². The van der Waals surface area contributed by atoms with Crippen molar-refractivity contribution >= 4 is 15.7 Å². The molecule has 1 N–H and O–H groups in total. The van der Waals surface area contributed by atoms with Gasteiger partial charge in [0.2, 0.25) is 0 Å². The molecule has 0 amide bonds. The van der Waals surface area contributed by atoms with E-state index in [9.17, 15) is 12.8 Å². The first-order valence-electron chi connectivity index (χ1n) is 6.89. The molecule has 21 heavy (non-hydrogen) atoms. The van der Waals surface area contributed by atoms with Gasteiger partial charge in [-0.2, -0.15) is 0 Å². The van der Waals surface area contributed by atoms with Crippen molar-refractivity contribution < 1.29 is 12.8 Å². The highest BCUT2D eigenvalue weighted by Gasteiger charge is 2.18. The number of hydrogen-bond donors (Lipinski definition) is 1. The highest BCUT2D eigenvalue weighted by atomic mass is 32.2. The SMILES string of the molecule is CCCCc1ccc(NS(=O)(=O)c2ccccc2F)cc1. The Morgan fingerprint density at radius 2 is 1.71 bits per heavy atom. The number of sulfonamides is 1. The molecule has 0 spiro atoms. The zero-order valence-corrected chi connectivity index (χ0v) is 12.7. The third-order valence-corrected chi connectivity index (χ3v) is 4.57. The van der Waals surface area contributed by atoms with Crippen LogP contribution in [0.25, 0.3) is 0 Å². The van der Waals surface area contributed by atoms with Crippen molar-refractivity contribution in [1.82, 2.24) is 0 Å². The standard InChI is InChI=1S/C16H18FNO2S/c1-2-3-6-13-9-11-14(12-10-13)18-21(19,20)16-8-5-4-7-15(16)17/h4-5,7-12,18H,2-3,6H2,1H3. The van der Waals surface area contributed by atoms with Crippen molar-refractivity contribution in [3.05, 3.63) is 59.9 Å². The van der Waals surface area contributed by atoms with E-state index in [0.29, 0.717) is 5.69 Å². The van der Waals surface area contributed by atoms with E-state index in [2.05, 4.69) is 11.6 Å². The first kappa shape index (κ1) is 15.5. The molecule has 0 aromatic heterocycles. The molecule has 5 heteroatoms. The van der Waals surface area contributed by atoms with Gasteiger partial charge in [-0.25, -0.2) is 12.8 Å². The van der Waals surface area contributed by atoms with Crippen LogP contribution in [0.3, 0.4) is 0 Å². The lowest BCUT2D eigenvalue weighted by Gasteiger charge is -2.09. The number of nitrogens with one attached hydrogen (secondary N) is 1. The van der Waals surface area contributed by atoms with Crippen LogP contribution in [0.4, 0.5) is 10.1 Å². The van der Waals surface area contributed by atoms with Gasteiger partial charge in [0.15, 0.2) is 0 Å². The van der Waals surface area contributed by atoms with E-state index >= 15 is 0 Å². The van der Waals surface area contributed by atoms with Gasteiger partial charge in [-0.05, 0) is 42.7 Å². The average Bonchev–Trinajstić information content (AvgIpc) is 2.46. The third kappa shape index (κ3) is 4.04. The van der Waals surface area contributed by atoms with Crippen LogP contribution in [0.1, 0.15) is 25.3 Å². The first-order chi connectivity index (χ1) is 10.0. The molecule has 0 fully saturated rings. The maximum atomic E-state index is 13.6. The van der Waals surface area contributed by atoms with Crippen molar-refractivity contribution in [3.8, 4) is 0 Å². The van der Waals surface area contributed by atoms with Gasteiger partial charge in [-0.3, -0.25) is 4.72 Å². The molecule has 0 bridgehead atoms. The summed E-state index contributed by atoms with van der Waals surface area (Å²) in [6.45, 7) is 2.12. The molecule has 0 saturated carbocycles. The molecule has 0 atom stereocenters. The van der Waals surface area contributed by atoms with Crippen LogP contribution in [0.2, 0.25) is 0 Å². The number of rotatable bonds is 6. The van der Waals surface area contributed by atoms with Crippen LogP contribution in [0, 0.1) is 5.82 Å². The summed E-state index contributed by atoms with van der Waals surface area (Å²) in [6.07, 6.45) is 3.18. The fourth-order valence-electron chi connectivity index (χ4n) is 1.99. The zero-order chi connectivity index (χ0) is 15.3. The van der Waals surface area contributed by atoms with Crippen LogP contribution in [0.15, 0.2) is 53.4 Å². The van der Waals surface area contributed by atoms with Crippen molar-refractivity contribution in [2.75, 3.05) is 4.72 Å². The molecule has 2 aromatic carbocycles. The van der Waals surface area contributed by atoms with E-state index < -0.39 is 15.8 Å². The summed E-state index contributed by atoms with van der Waals surface area (Å²) >= 11 is 0. The summed E-state index contributed by atoms with van der Waals surface area (Å²) in [6, 6.07) is 12.5. The molecular weight excluding hydrogens is 289 g/mol. The van der Waals surface area contributed by atoms with Gasteiger partial charge >= 0.3 is 0 Å². The molecule has 2 rings (SSSR count). The van der Waals surface area contributed by atoms with Gasteiger partial charge in [0.1, 0.15) is 10.7 Å². The van der Waals surface area contributed by atoms with E-state index in [-0.39, 0.29) is 4.90 Å². The normalized spacial score (nSPS) is 11.3. The summed E-state index contributed by atoms with van der Waals surface area (Å²) < 4.78 is 40.2. The van der Waals surface area contributed by atoms with Crippen LogP contribution in [-0.2, 0) is 16.4 Å². The Bertz CT molecular complexity index is 696. The Morgan fingerprint density at radius 3 is 2.33 bits per heavy atom. The summed E-state index contributed by atoms with van der Waals surface area (Å²) in [5.41, 5.74) is 1.59. The van der Waals surface area contributed by atoms with Crippen molar-refractivity contribution in [3.63, 3.8) is 0 Å². The lowest BCUT2D eigenvalue weighted by atomic mass is 10.1. The molecule has 0 saturated heterocycles. The van der Waals surface area contributed by atoms with E-state index in [4.69, 9.17) is 0 Å². The monoisotopic (exact) mass is 307 g/mol. The van der Waals surface area contributed by atoms with E-state index in [0.717, 1.165) is 30.9 Å². The van der Waals surface area contributed by atoms with Crippen LogP contribution in [-0.4, -0.2) is 8.42 Å². The molecule has 0 aliphatic heterocycles. The molecule has 112 valence electrons. The molecule has 0 aliphatic carbocycles. The Kier molecular flexibility index (Phi) is 4.96. The summed E-state index contributed by atoms with van der Waals surface area (Å²) in [4.78, 5) is -0.347. The van der Waals surface area contributed by atoms with Gasteiger partial charge < -0.3 is 0 Å². The highest BCUT2D eigenvalue weighted by Crippen LogP contribution is 2.19. The second kappa shape index (κ2) is 6.72. The minimum Gasteiger partial charge on any atom is -0.280 e. The Balaban J connectivity index is 2.16. The second-order valence-electron chi connectivity index (χ2n) is 4.84. The number of anilines is 1. The van der Waals surface area contributed by atoms with Crippen LogP contribution in [0.5, 0.6) is 0 Å². The fraction of sp³-hybridized carbons (Fsp3) is 0.250.